The standard InChI is InChI=1S/C4H6F3N2O/c5-4(6,7)10-3-1-8-2-9-3/h1,3,8-9H,2H2. The molecule has 1 fully saturated rings. The van der Waals surface area contributed by atoms with E-state index in [1.807, 2.05) is 0 Å². The van der Waals surface area contributed by atoms with Gasteiger partial charge in [-0.1, -0.05) is 0 Å². The van der Waals surface area contributed by atoms with Crippen molar-refractivity contribution in [2.75, 3.05) is 6.67 Å². The highest BCUT2D eigenvalue weighted by Gasteiger charge is 2.34. The molecule has 1 atom stereocenters. The van der Waals surface area contributed by atoms with Crippen LogP contribution in [-0.4, -0.2) is 19.3 Å². The minimum atomic E-state index is -4.57. The third kappa shape index (κ3) is 2.51. The second-order valence-corrected chi connectivity index (χ2v) is 1.74. The summed E-state index contributed by atoms with van der Waals surface area (Å²) >= 11 is 0. The molecule has 0 aromatic rings. The van der Waals surface area contributed by atoms with Crippen LogP contribution < -0.4 is 10.6 Å². The molecule has 59 valence electrons. The minimum Gasteiger partial charge on any atom is -0.296 e. The average Bonchev–Trinajstić information content (AvgIpc) is 2.12. The highest BCUT2D eigenvalue weighted by atomic mass is 19.4. The van der Waals surface area contributed by atoms with E-state index in [-0.39, 0.29) is 0 Å². The Balaban J connectivity index is 2.24. The van der Waals surface area contributed by atoms with Crippen LogP contribution in [0.4, 0.5) is 13.2 Å². The Hall–Kier alpha value is -0.330. The predicted octanol–water partition coefficient (Wildman–Crippen LogP) is 0.161. The number of rotatable bonds is 1. The third-order valence-corrected chi connectivity index (χ3v) is 0.935. The van der Waals surface area contributed by atoms with Gasteiger partial charge in [-0.3, -0.25) is 15.4 Å². The summed E-state index contributed by atoms with van der Waals surface area (Å²) in [5, 5.41) is 4.94. The summed E-state index contributed by atoms with van der Waals surface area (Å²) in [6.45, 7) is 1.51. The fourth-order valence-electron chi connectivity index (χ4n) is 0.604. The number of halogens is 3. The maximum Gasteiger partial charge on any atom is 0.524 e. The van der Waals surface area contributed by atoms with E-state index in [9.17, 15) is 13.2 Å². The molecule has 1 unspecified atom stereocenters. The summed E-state index contributed by atoms with van der Waals surface area (Å²) in [5.74, 6) is 0. The first-order valence-electron chi connectivity index (χ1n) is 2.62. The van der Waals surface area contributed by atoms with Crippen LogP contribution in [0.15, 0.2) is 0 Å². The van der Waals surface area contributed by atoms with Crippen molar-refractivity contribution in [2.45, 2.75) is 12.6 Å². The number of ether oxygens (including phenoxy) is 1. The normalized spacial score (nSPS) is 27.3. The molecular weight excluding hydrogens is 149 g/mol. The molecule has 10 heavy (non-hydrogen) atoms. The average molecular weight is 155 g/mol. The Labute approximate surface area is 55.5 Å². The SMILES string of the molecule is FC(F)(F)OC1[CH]NCN1. The molecule has 0 spiro atoms. The van der Waals surface area contributed by atoms with E-state index in [2.05, 4.69) is 15.4 Å². The summed E-state index contributed by atoms with van der Waals surface area (Å²) < 4.78 is 37.8. The fourth-order valence-corrected chi connectivity index (χ4v) is 0.604. The second kappa shape index (κ2) is 2.73. The lowest BCUT2D eigenvalue weighted by Crippen LogP contribution is -2.31. The zero-order valence-electron chi connectivity index (χ0n) is 4.90. The van der Waals surface area contributed by atoms with Crippen LogP contribution in [0.5, 0.6) is 0 Å². The molecule has 1 heterocycles. The molecule has 2 N–H and O–H groups in total. The van der Waals surface area contributed by atoms with E-state index >= 15 is 0 Å². The molecule has 1 radical (unpaired) electrons. The van der Waals surface area contributed by atoms with Gasteiger partial charge < -0.3 is 0 Å². The molecule has 0 aliphatic carbocycles. The molecular formula is C4H6F3N2O. The lowest BCUT2D eigenvalue weighted by atomic mass is 10.6. The Bertz CT molecular complexity index is 110. The molecule has 1 aliphatic heterocycles. The van der Waals surface area contributed by atoms with Gasteiger partial charge in [-0.15, -0.1) is 13.2 Å². The van der Waals surface area contributed by atoms with Gasteiger partial charge >= 0.3 is 6.36 Å². The van der Waals surface area contributed by atoms with Gasteiger partial charge in [0.1, 0.15) is 6.23 Å². The van der Waals surface area contributed by atoms with Crippen molar-refractivity contribution in [3.63, 3.8) is 0 Å². The molecule has 0 amide bonds. The zero-order valence-corrected chi connectivity index (χ0v) is 4.90. The molecule has 0 aromatic heterocycles. The van der Waals surface area contributed by atoms with E-state index in [0.29, 0.717) is 6.67 Å². The van der Waals surface area contributed by atoms with E-state index < -0.39 is 12.6 Å². The van der Waals surface area contributed by atoms with Crippen LogP contribution in [0.2, 0.25) is 0 Å². The topological polar surface area (TPSA) is 33.3 Å². The lowest BCUT2D eigenvalue weighted by molar-refractivity contribution is -0.340. The summed E-state index contributed by atoms with van der Waals surface area (Å²) in [4.78, 5) is 0. The number of hydrogen-bond acceptors (Lipinski definition) is 3. The third-order valence-electron chi connectivity index (χ3n) is 0.935. The number of alkyl halides is 3. The molecule has 0 bridgehead atoms. The van der Waals surface area contributed by atoms with Crippen molar-refractivity contribution in [3.05, 3.63) is 6.54 Å². The van der Waals surface area contributed by atoms with Gasteiger partial charge in [0.2, 0.25) is 0 Å². The number of nitrogens with one attached hydrogen (secondary N) is 2. The highest BCUT2D eigenvalue weighted by Crippen LogP contribution is 2.18. The van der Waals surface area contributed by atoms with Gasteiger partial charge in [-0.2, -0.15) is 0 Å². The lowest BCUT2D eigenvalue weighted by Gasteiger charge is -2.12. The van der Waals surface area contributed by atoms with Crippen molar-refractivity contribution in [1.29, 1.82) is 0 Å². The smallest absolute Gasteiger partial charge is 0.296 e. The maximum absolute atomic E-state index is 11.4. The van der Waals surface area contributed by atoms with E-state index in [1.165, 1.54) is 6.54 Å². The summed E-state index contributed by atoms with van der Waals surface area (Å²) in [6.07, 6.45) is -5.62. The van der Waals surface area contributed by atoms with E-state index in [4.69, 9.17) is 0 Å². The zero-order chi connectivity index (χ0) is 7.61. The van der Waals surface area contributed by atoms with E-state index in [0.717, 1.165) is 0 Å². The summed E-state index contributed by atoms with van der Waals surface area (Å²) in [5.41, 5.74) is 0. The van der Waals surface area contributed by atoms with Crippen molar-refractivity contribution in [2.24, 2.45) is 0 Å². The fraction of sp³-hybridized carbons (Fsp3) is 0.750. The van der Waals surface area contributed by atoms with Gasteiger partial charge in [-0.05, 0) is 0 Å². The molecule has 1 rings (SSSR count). The molecule has 3 nitrogen and oxygen atoms in total. The largest absolute Gasteiger partial charge is 0.524 e. The Morgan fingerprint density at radius 3 is 2.60 bits per heavy atom. The van der Waals surface area contributed by atoms with Crippen molar-refractivity contribution in [1.82, 2.24) is 10.6 Å². The predicted molar refractivity (Wildman–Crippen MR) is 26.4 cm³/mol. The first-order chi connectivity index (χ1) is 4.58. The highest BCUT2D eigenvalue weighted by molar-refractivity contribution is 4.78. The van der Waals surface area contributed by atoms with Crippen molar-refractivity contribution >= 4 is 0 Å². The molecule has 0 aromatic carbocycles. The molecule has 1 saturated heterocycles. The Morgan fingerprint density at radius 1 is 1.50 bits per heavy atom. The van der Waals surface area contributed by atoms with Crippen LogP contribution >= 0.6 is 0 Å². The van der Waals surface area contributed by atoms with Gasteiger partial charge in [0, 0.05) is 6.67 Å². The van der Waals surface area contributed by atoms with Crippen molar-refractivity contribution < 1.29 is 17.9 Å². The minimum absolute atomic E-state index is 0.306. The quantitative estimate of drug-likeness (QED) is 0.566. The summed E-state index contributed by atoms with van der Waals surface area (Å²) in [6, 6.07) is 0. The monoisotopic (exact) mass is 155 g/mol. The number of hydrogen-bond donors (Lipinski definition) is 2. The molecule has 6 heteroatoms. The van der Waals surface area contributed by atoms with Gasteiger partial charge in [0.05, 0.1) is 6.54 Å². The van der Waals surface area contributed by atoms with Crippen LogP contribution in [0.3, 0.4) is 0 Å². The molecule has 0 saturated carbocycles. The van der Waals surface area contributed by atoms with Gasteiger partial charge in [0.25, 0.3) is 0 Å². The van der Waals surface area contributed by atoms with Crippen molar-refractivity contribution in [3.8, 4) is 0 Å². The van der Waals surface area contributed by atoms with Crippen LogP contribution in [0.1, 0.15) is 0 Å². The first kappa shape index (κ1) is 7.77. The molecule has 1 aliphatic rings. The first-order valence-corrected chi connectivity index (χ1v) is 2.62. The Kier molecular flexibility index (Phi) is 2.12. The van der Waals surface area contributed by atoms with Crippen LogP contribution in [0, 0.1) is 6.54 Å². The van der Waals surface area contributed by atoms with E-state index in [1.54, 1.807) is 0 Å². The van der Waals surface area contributed by atoms with Crippen LogP contribution in [-0.2, 0) is 4.74 Å². The van der Waals surface area contributed by atoms with Crippen LogP contribution in [0.25, 0.3) is 0 Å². The summed E-state index contributed by atoms with van der Waals surface area (Å²) in [7, 11) is 0. The Morgan fingerprint density at radius 2 is 2.20 bits per heavy atom. The second-order valence-electron chi connectivity index (χ2n) is 1.74. The van der Waals surface area contributed by atoms with Gasteiger partial charge in [0.15, 0.2) is 0 Å². The maximum atomic E-state index is 11.4. The van der Waals surface area contributed by atoms with Gasteiger partial charge in [-0.25, -0.2) is 0 Å².